The third-order valence-corrected chi connectivity index (χ3v) is 7.51. The van der Waals surface area contributed by atoms with Gasteiger partial charge in [-0.15, -0.1) is 0 Å². The van der Waals surface area contributed by atoms with Gasteiger partial charge >= 0.3 is 0 Å². The Labute approximate surface area is 156 Å². The van der Waals surface area contributed by atoms with Crippen molar-refractivity contribution in [1.82, 2.24) is 0 Å². The summed E-state index contributed by atoms with van der Waals surface area (Å²) in [7, 11) is 2.21. The van der Waals surface area contributed by atoms with Crippen molar-refractivity contribution in [2.75, 3.05) is 0 Å². The van der Waals surface area contributed by atoms with Crippen LogP contribution in [0.5, 0.6) is 0 Å². The Kier molecular flexibility index (Phi) is 3.20. The third-order valence-electron chi connectivity index (χ3n) is 7.51. The van der Waals surface area contributed by atoms with E-state index in [2.05, 4.69) is 81.8 Å². The molecule has 2 aromatic carbocycles. The fourth-order valence-electron chi connectivity index (χ4n) is 5.57. The van der Waals surface area contributed by atoms with E-state index >= 15 is 0 Å². The molecule has 1 heteroatoms. The summed E-state index contributed by atoms with van der Waals surface area (Å²) in [6.07, 6.45) is 2.65. The number of nitrogens with zero attached hydrogens (tertiary/aromatic N) is 1. The topological polar surface area (TPSA) is 3.88 Å². The molecule has 2 unspecified atom stereocenters. The normalized spacial score (nSPS) is 22.8. The molecule has 2 bridgehead atoms. The van der Waals surface area contributed by atoms with Crippen molar-refractivity contribution in [1.29, 1.82) is 0 Å². The lowest BCUT2D eigenvalue weighted by Gasteiger charge is -2.57. The summed E-state index contributed by atoms with van der Waals surface area (Å²) in [6.45, 7) is 9.41. The van der Waals surface area contributed by atoms with Crippen LogP contribution in [-0.2, 0) is 13.5 Å². The molecule has 0 aliphatic heterocycles. The standard InChI is InChI=1S/C25H28N/c1-15-7-6-8-23-19(15)9-10-24(26(23)5)20-14-21-17(11-16(20)2)12-18-13-22(21)25(18,3)4/h6-11,14,18,22H,12-13H2,1-5H3/q+1. The molecule has 3 aliphatic rings. The van der Waals surface area contributed by atoms with E-state index in [1.807, 2.05) is 0 Å². The minimum absolute atomic E-state index is 0.474. The van der Waals surface area contributed by atoms with Crippen LogP contribution in [0.4, 0.5) is 0 Å². The number of aromatic nitrogens is 1. The van der Waals surface area contributed by atoms with E-state index in [4.69, 9.17) is 0 Å². The highest BCUT2D eigenvalue weighted by molar-refractivity contribution is 5.81. The van der Waals surface area contributed by atoms with Crippen LogP contribution < -0.4 is 4.57 Å². The maximum absolute atomic E-state index is 2.52. The van der Waals surface area contributed by atoms with E-state index in [-0.39, 0.29) is 0 Å². The SMILES string of the molecule is Cc1cc2c(cc1-c1ccc3c(C)cccc3[n+]1C)C1CC(C2)C1(C)C. The van der Waals surface area contributed by atoms with Gasteiger partial charge in [0.15, 0.2) is 0 Å². The molecule has 1 aromatic heterocycles. The summed E-state index contributed by atoms with van der Waals surface area (Å²) >= 11 is 0. The molecule has 0 spiro atoms. The van der Waals surface area contributed by atoms with Gasteiger partial charge in [-0.3, -0.25) is 0 Å². The van der Waals surface area contributed by atoms with Crippen LogP contribution in [0.15, 0.2) is 42.5 Å². The monoisotopic (exact) mass is 342 g/mol. The quantitative estimate of drug-likeness (QED) is 0.504. The molecule has 26 heavy (non-hydrogen) atoms. The highest BCUT2D eigenvalue weighted by atomic mass is 14.9. The van der Waals surface area contributed by atoms with E-state index in [1.54, 1.807) is 11.1 Å². The molecule has 3 aromatic rings. The molecule has 0 saturated heterocycles. The van der Waals surface area contributed by atoms with E-state index in [1.165, 1.54) is 46.1 Å². The van der Waals surface area contributed by atoms with Gasteiger partial charge in [-0.1, -0.05) is 32.0 Å². The summed E-state index contributed by atoms with van der Waals surface area (Å²) in [6, 6.07) is 16.2. The summed E-state index contributed by atoms with van der Waals surface area (Å²) in [5.74, 6) is 1.62. The largest absolute Gasteiger partial charge is 0.213 e. The fraction of sp³-hybridized carbons (Fsp3) is 0.400. The minimum Gasteiger partial charge on any atom is -0.194 e. The van der Waals surface area contributed by atoms with Gasteiger partial charge in [0, 0.05) is 23.1 Å². The highest BCUT2D eigenvalue weighted by Crippen LogP contribution is 2.62. The third kappa shape index (κ3) is 2.00. The van der Waals surface area contributed by atoms with Gasteiger partial charge in [0.25, 0.3) is 0 Å². The molecular formula is C25H28N+. The lowest BCUT2D eigenvalue weighted by atomic mass is 9.47. The summed E-state index contributed by atoms with van der Waals surface area (Å²) in [5.41, 5.74) is 10.5. The number of hydrogen-bond donors (Lipinski definition) is 0. The first-order chi connectivity index (χ1) is 12.4. The van der Waals surface area contributed by atoms with Crippen LogP contribution in [0, 0.1) is 25.2 Å². The van der Waals surface area contributed by atoms with Crippen LogP contribution in [0.1, 0.15) is 48.4 Å². The zero-order valence-corrected chi connectivity index (χ0v) is 16.6. The number of aryl methyl sites for hydroxylation is 3. The first kappa shape index (κ1) is 16.1. The lowest BCUT2D eigenvalue weighted by molar-refractivity contribution is -0.633. The minimum atomic E-state index is 0.474. The van der Waals surface area contributed by atoms with Gasteiger partial charge in [0.1, 0.15) is 7.05 Å². The molecule has 3 aliphatic carbocycles. The molecule has 1 fully saturated rings. The van der Waals surface area contributed by atoms with Crippen molar-refractivity contribution in [3.63, 3.8) is 0 Å². The van der Waals surface area contributed by atoms with Crippen LogP contribution in [-0.4, -0.2) is 0 Å². The van der Waals surface area contributed by atoms with E-state index in [0.29, 0.717) is 5.41 Å². The summed E-state index contributed by atoms with van der Waals surface area (Å²) < 4.78 is 2.37. The first-order valence-electron chi connectivity index (χ1n) is 9.90. The van der Waals surface area contributed by atoms with Crippen molar-refractivity contribution in [2.24, 2.45) is 18.4 Å². The zero-order valence-electron chi connectivity index (χ0n) is 16.6. The van der Waals surface area contributed by atoms with Crippen LogP contribution >= 0.6 is 0 Å². The maximum Gasteiger partial charge on any atom is 0.213 e. The van der Waals surface area contributed by atoms with E-state index < -0.39 is 0 Å². The fourth-order valence-corrected chi connectivity index (χ4v) is 5.57. The number of hydrogen-bond acceptors (Lipinski definition) is 0. The lowest BCUT2D eigenvalue weighted by Crippen LogP contribution is -2.48. The van der Waals surface area contributed by atoms with Gasteiger partial charge in [0.05, 0.1) is 0 Å². The predicted octanol–water partition coefficient (Wildman–Crippen LogP) is 5.63. The second-order valence-electron chi connectivity index (χ2n) is 9.16. The van der Waals surface area contributed by atoms with Gasteiger partial charge < -0.3 is 0 Å². The molecule has 1 saturated carbocycles. The van der Waals surface area contributed by atoms with E-state index in [9.17, 15) is 0 Å². The van der Waals surface area contributed by atoms with Crippen molar-refractivity contribution in [3.8, 4) is 11.3 Å². The van der Waals surface area contributed by atoms with Gasteiger partial charge in [-0.2, -0.15) is 4.57 Å². The molecular weight excluding hydrogens is 314 g/mol. The van der Waals surface area contributed by atoms with Gasteiger partial charge in [-0.05, 0) is 78.3 Å². The molecule has 1 heterocycles. The number of rotatable bonds is 1. The average Bonchev–Trinajstić information content (AvgIpc) is 2.61. The zero-order chi connectivity index (χ0) is 18.2. The molecule has 6 rings (SSSR count). The van der Waals surface area contributed by atoms with Crippen LogP contribution in [0.3, 0.4) is 0 Å². The molecule has 1 nitrogen and oxygen atoms in total. The van der Waals surface area contributed by atoms with E-state index in [0.717, 1.165) is 11.8 Å². The van der Waals surface area contributed by atoms with Crippen molar-refractivity contribution in [3.05, 3.63) is 64.7 Å². The molecule has 0 N–H and O–H groups in total. The average molecular weight is 343 g/mol. The van der Waals surface area contributed by atoms with Crippen molar-refractivity contribution < 1.29 is 4.57 Å². The predicted molar refractivity (Wildman–Crippen MR) is 108 cm³/mol. The van der Waals surface area contributed by atoms with Crippen molar-refractivity contribution >= 4 is 10.9 Å². The first-order valence-corrected chi connectivity index (χ1v) is 9.90. The molecule has 132 valence electrons. The number of benzene rings is 2. The number of fused-ring (bicyclic) bond motifs is 1. The van der Waals surface area contributed by atoms with Gasteiger partial charge in [0.2, 0.25) is 11.2 Å². The second kappa shape index (κ2) is 5.19. The number of pyridine rings is 1. The summed E-state index contributed by atoms with van der Waals surface area (Å²) in [5, 5.41) is 1.34. The summed E-state index contributed by atoms with van der Waals surface area (Å²) in [4.78, 5) is 0. The molecule has 0 radical (unpaired) electrons. The maximum atomic E-state index is 2.52. The molecule has 2 atom stereocenters. The van der Waals surface area contributed by atoms with Gasteiger partial charge in [-0.25, -0.2) is 0 Å². The Bertz CT molecular complexity index is 1060. The smallest absolute Gasteiger partial charge is 0.194 e. The highest BCUT2D eigenvalue weighted by Gasteiger charge is 2.52. The Morgan fingerprint density at radius 2 is 1.81 bits per heavy atom. The Hall–Kier alpha value is -2.15. The van der Waals surface area contributed by atoms with Crippen LogP contribution in [0.25, 0.3) is 22.2 Å². The van der Waals surface area contributed by atoms with Crippen molar-refractivity contribution in [2.45, 2.75) is 46.5 Å². The Balaban J connectivity index is 1.71. The second-order valence-corrected chi connectivity index (χ2v) is 9.16. The Morgan fingerprint density at radius 1 is 1.00 bits per heavy atom. The molecule has 0 amide bonds. The van der Waals surface area contributed by atoms with Crippen LogP contribution in [0.2, 0.25) is 0 Å². The Morgan fingerprint density at radius 3 is 2.58 bits per heavy atom.